The van der Waals surface area contributed by atoms with Crippen LogP contribution in [-0.2, 0) is 6.18 Å². The van der Waals surface area contributed by atoms with Gasteiger partial charge in [-0.2, -0.15) is 13.2 Å². The lowest BCUT2D eigenvalue weighted by atomic mass is 10.1. The minimum absolute atomic E-state index is 0.0260. The van der Waals surface area contributed by atoms with Crippen LogP contribution in [0.5, 0.6) is 5.75 Å². The topological polar surface area (TPSA) is 79.5 Å². The van der Waals surface area contributed by atoms with Crippen LogP contribution in [0.1, 0.15) is 46.0 Å². The minimum Gasteiger partial charge on any atom is -0.492 e. The van der Waals surface area contributed by atoms with E-state index in [2.05, 4.69) is 38.8 Å². The Morgan fingerprint density at radius 3 is 2.27 bits per heavy atom. The molecule has 6 nitrogen and oxygen atoms in total. The average molecular weight is 594 g/mol. The van der Waals surface area contributed by atoms with Crippen molar-refractivity contribution in [3.05, 3.63) is 87.9 Å². The number of hydrogen-bond donors (Lipinski definition) is 3. The number of alkyl halides is 3. The molecule has 0 aromatic heterocycles. The van der Waals surface area contributed by atoms with Gasteiger partial charge >= 0.3 is 6.18 Å². The van der Waals surface area contributed by atoms with Crippen LogP contribution in [0.2, 0.25) is 0 Å². The molecule has 0 heterocycles. The fraction of sp³-hybridized carbons (Fsp3) is 0.192. The summed E-state index contributed by atoms with van der Waals surface area (Å²) in [6, 6.07) is 15.4. The molecule has 3 N–H and O–H groups in total. The molecular weight excluding hydrogens is 571 g/mol. The van der Waals surface area contributed by atoms with Crippen molar-refractivity contribution in [2.75, 3.05) is 17.2 Å². The van der Waals surface area contributed by atoms with E-state index in [1.54, 1.807) is 30.3 Å². The van der Waals surface area contributed by atoms with Crippen molar-refractivity contribution in [2.24, 2.45) is 0 Å². The lowest BCUT2D eigenvalue weighted by Gasteiger charge is -2.12. The third kappa shape index (κ3) is 8.29. The molecule has 3 aromatic rings. The normalized spacial score (nSPS) is 10.9. The van der Waals surface area contributed by atoms with Crippen molar-refractivity contribution in [3.63, 3.8) is 0 Å². The fourth-order valence-electron chi connectivity index (χ4n) is 3.10. The van der Waals surface area contributed by atoms with Gasteiger partial charge < -0.3 is 15.4 Å². The molecule has 0 spiro atoms. The molecule has 3 aromatic carbocycles. The van der Waals surface area contributed by atoms with Crippen LogP contribution in [0.25, 0.3) is 0 Å². The Morgan fingerprint density at radius 2 is 1.62 bits per heavy atom. The number of ether oxygens (including phenoxy) is 1. The van der Waals surface area contributed by atoms with Crippen molar-refractivity contribution in [1.82, 2.24) is 5.32 Å². The molecule has 194 valence electrons. The van der Waals surface area contributed by atoms with Crippen molar-refractivity contribution in [2.45, 2.75) is 25.9 Å². The van der Waals surface area contributed by atoms with E-state index < -0.39 is 23.6 Å². The van der Waals surface area contributed by atoms with Gasteiger partial charge in [0, 0.05) is 22.5 Å². The van der Waals surface area contributed by atoms with Gasteiger partial charge in [-0.05, 0) is 95.2 Å². The smallest absolute Gasteiger partial charge is 0.416 e. The maximum Gasteiger partial charge on any atom is 0.416 e. The van der Waals surface area contributed by atoms with E-state index in [4.69, 9.17) is 17.0 Å². The Balaban J connectivity index is 1.55. The zero-order chi connectivity index (χ0) is 27.0. The molecule has 0 atom stereocenters. The SMILES string of the molecule is CCCCOc1ccc(C(=O)NC(=S)Nc2ccc(C(=O)Nc3cccc(C(F)(F)F)c3)cc2)cc1Br. The first-order valence-electron chi connectivity index (χ1n) is 11.2. The van der Waals surface area contributed by atoms with Gasteiger partial charge in [-0.15, -0.1) is 0 Å². The van der Waals surface area contributed by atoms with E-state index in [0.29, 0.717) is 28.1 Å². The van der Waals surface area contributed by atoms with E-state index in [0.717, 1.165) is 25.0 Å². The monoisotopic (exact) mass is 593 g/mol. The Kier molecular flexibility index (Phi) is 9.65. The number of amides is 2. The largest absolute Gasteiger partial charge is 0.492 e. The zero-order valence-corrected chi connectivity index (χ0v) is 22.0. The van der Waals surface area contributed by atoms with Crippen LogP contribution >= 0.6 is 28.1 Å². The zero-order valence-electron chi connectivity index (χ0n) is 19.6. The van der Waals surface area contributed by atoms with Gasteiger partial charge in [-0.3, -0.25) is 14.9 Å². The molecule has 11 heteroatoms. The number of carbonyl (C=O) groups excluding carboxylic acids is 2. The third-order valence-corrected chi connectivity index (χ3v) is 5.85. The molecule has 0 aliphatic rings. The Morgan fingerprint density at radius 1 is 0.919 bits per heavy atom. The summed E-state index contributed by atoms with van der Waals surface area (Å²) in [5, 5.41) is 7.92. The van der Waals surface area contributed by atoms with Crippen molar-refractivity contribution in [3.8, 4) is 5.75 Å². The molecule has 0 saturated heterocycles. The van der Waals surface area contributed by atoms with Crippen LogP contribution in [0.4, 0.5) is 24.5 Å². The highest BCUT2D eigenvalue weighted by atomic mass is 79.9. The number of carbonyl (C=O) groups is 2. The van der Waals surface area contributed by atoms with Gasteiger partial charge in [0.05, 0.1) is 16.6 Å². The molecule has 37 heavy (non-hydrogen) atoms. The van der Waals surface area contributed by atoms with Crippen LogP contribution in [-0.4, -0.2) is 23.5 Å². The van der Waals surface area contributed by atoms with Crippen molar-refractivity contribution >= 4 is 56.4 Å². The second-order valence-corrected chi connectivity index (χ2v) is 9.13. The van der Waals surface area contributed by atoms with Crippen LogP contribution in [0, 0.1) is 0 Å². The molecule has 0 aliphatic heterocycles. The molecule has 3 rings (SSSR count). The molecule has 0 fully saturated rings. The first kappa shape index (κ1) is 28.1. The van der Waals surface area contributed by atoms with Gasteiger partial charge in [-0.25, -0.2) is 0 Å². The van der Waals surface area contributed by atoms with Gasteiger partial charge in [-0.1, -0.05) is 19.4 Å². The summed E-state index contributed by atoms with van der Waals surface area (Å²) in [6.45, 7) is 2.65. The predicted octanol–water partition coefficient (Wildman–Crippen LogP) is 7.03. The van der Waals surface area contributed by atoms with Crippen molar-refractivity contribution in [1.29, 1.82) is 0 Å². The Hall–Kier alpha value is -3.44. The summed E-state index contributed by atoms with van der Waals surface area (Å²) in [7, 11) is 0. The maximum absolute atomic E-state index is 12.9. The maximum atomic E-state index is 12.9. The van der Waals surface area contributed by atoms with Crippen LogP contribution in [0.15, 0.2) is 71.2 Å². The summed E-state index contributed by atoms with van der Waals surface area (Å²) >= 11 is 8.61. The predicted molar refractivity (Wildman–Crippen MR) is 144 cm³/mol. The number of unbranched alkanes of at least 4 members (excludes halogenated alkanes) is 1. The molecular formula is C26H23BrF3N3O3S. The number of nitrogens with one attached hydrogen (secondary N) is 3. The summed E-state index contributed by atoms with van der Waals surface area (Å²) in [4.78, 5) is 25.0. The molecule has 0 aliphatic carbocycles. The molecule has 0 unspecified atom stereocenters. The lowest BCUT2D eigenvalue weighted by molar-refractivity contribution is -0.137. The Labute approximate surface area is 225 Å². The summed E-state index contributed by atoms with van der Waals surface area (Å²) in [5.41, 5.74) is 0.272. The van der Waals surface area contributed by atoms with Crippen molar-refractivity contribution < 1.29 is 27.5 Å². The lowest BCUT2D eigenvalue weighted by Crippen LogP contribution is -2.34. The summed E-state index contributed by atoms with van der Waals surface area (Å²) in [5.74, 6) is -0.354. The first-order chi connectivity index (χ1) is 17.6. The van der Waals surface area contributed by atoms with Gasteiger partial charge in [0.2, 0.25) is 0 Å². The first-order valence-corrected chi connectivity index (χ1v) is 12.4. The number of hydrogen-bond acceptors (Lipinski definition) is 4. The standard InChI is InChI=1S/C26H23BrF3N3O3S/c1-2-3-13-36-22-12-9-17(14-21(22)27)24(35)33-25(37)32-19-10-7-16(8-11-19)23(34)31-20-6-4-5-18(15-20)26(28,29)30/h4-12,14-15H,2-3,13H2,1H3,(H,31,34)(H2,32,33,35,37). The summed E-state index contributed by atoms with van der Waals surface area (Å²) < 4.78 is 44.9. The minimum atomic E-state index is -4.51. The molecule has 2 amide bonds. The second-order valence-electron chi connectivity index (χ2n) is 7.87. The Bertz CT molecular complexity index is 1280. The number of benzene rings is 3. The molecule has 0 saturated carbocycles. The van der Waals surface area contributed by atoms with Gasteiger partial charge in [0.25, 0.3) is 11.8 Å². The van der Waals surface area contributed by atoms with Gasteiger partial charge in [0.15, 0.2) is 5.11 Å². The average Bonchev–Trinajstić information content (AvgIpc) is 2.85. The molecule has 0 bridgehead atoms. The second kappa shape index (κ2) is 12.7. The van der Waals surface area contributed by atoms with E-state index in [1.165, 1.54) is 24.3 Å². The number of anilines is 2. The fourth-order valence-corrected chi connectivity index (χ4v) is 3.81. The third-order valence-electron chi connectivity index (χ3n) is 5.03. The van der Waals surface area contributed by atoms with Crippen LogP contribution < -0.4 is 20.7 Å². The van der Waals surface area contributed by atoms with E-state index in [9.17, 15) is 22.8 Å². The van der Waals surface area contributed by atoms with E-state index in [-0.39, 0.29) is 16.4 Å². The number of thiocarbonyl (C=S) groups is 1. The molecule has 0 radical (unpaired) electrons. The quantitative estimate of drug-likeness (QED) is 0.193. The highest BCUT2D eigenvalue weighted by Crippen LogP contribution is 2.31. The number of halogens is 4. The van der Waals surface area contributed by atoms with Crippen LogP contribution in [0.3, 0.4) is 0 Å². The van der Waals surface area contributed by atoms with Gasteiger partial charge in [0.1, 0.15) is 5.75 Å². The summed E-state index contributed by atoms with van der Waals surface area (Å²) in [6.07, 6.45) is -2.57. The van der Waals surface area contributed by atoms with E-state index in [1.807, 2.05) is 0 Å². The highest BCUT2D eigenvalue weighted by molar-refractivity contribution is 9.10. The van der Waals surface area contributed by atoms with E-state index >= 15 is 0 Å². The number of rotatable bonds is 8. The highest BCUT2D eigenvalue weighted by Gasteiger charge is 2.30.